The molecule has 2 aromatic carbocycles. The largest absolute Gasteiger partial charge is 0.392 e. The van der Waals surface area contributed by atoms with E-state index in [1.165, 1.54) is 23.1 Å². The van der Waals surface area contributed by atoms with Crippen LogP contribution in [0, 0.1) is 0 Å². The van der Waals surface area contributed by atoms with Gasteiger partial charge in [-0.25, -0.2) is 0 Å². The molecule has 0 amide bonds. The van der Waals surface area contributed by atoms with Gasteiger partial charge in [0.1, 0.15) is 0 Å². The number of hydrogen-bond acceptors (Lipinski definition) is 1. The summed E-state index contributed by atoms with van der Waals surface area (Å²) in [6.07, 6.45) is 4.95. The molecule has 0 bridgehead atoms. The van der Waals surface area contributed by atoms with Crippen LogP contribution in [0.15, 0.2) is 54.6 Å². The fourth-order valence-electron chi connectivity index (χ4n) is 3.47. The fraction of sp³-hybridized carbons (Fsp3) is 0.400. The predicted octanol–water partition coefficient (Wildman–Crippen LogP) is 4.27. The highest BCUT2D eigenvalue weighted by molar-refractivity contribution is 5.31. The van der Waals surface area contributed by atoms with Crippen LogP contribution in [-0.2, 0) is 18.3 Å². The molecule has 0 aliphatic heterocycles. The normalized spacial score (nSPS) is 18.0. The van der Waals surface area contributed by atoms with Crippen molar-refractivity contribution in [3.63, 3.8) is 0 Å². The van der Waals surface area contributed by atoms with Gasteiger partial charge in [0.2, 0.25) is 0 Å². The van der Waals surface area contributed by atoms with Gasteiger partial charge in [-0.3, -0.25) is 0 Å². The maximum absolute atomic E-state index is 10.9. The molecule has 1 nitrogen and oxygen atoms in total. The minimum atomic E-state index is -0.291. The lowest BCUT2D eigenvalue weighted by atomic mass is 9.60. The Bertz CT molecular complexity index is 567. The van der Waals surface area contributed by atoms with Crippen molar-refractivity contribution in [3.05, 3.63) is 71.3 Å². The molecule has 1 atom stereocenters. The molecular weight excluding hydrogens is 256 g/mol. The summed E-state index contributed by atoms with van der Waals surface area (Å²) >= 11 is 0. The highest BCUT2D eigenvalue weighted by Gasteiger charge is 2.44. The van der Waals surface area contributed by atoms with Gasteiger partial charge in [0.05, 0.1) is 6.10 Å². The third-order valence-corrected chi connectivity index (χ3v) is 5.09. The molecule has 1 aliphatic rings. The van der Waals surface area contributed by atoms with Crippen LogP contribution in [0.3, 0.4) is 0 Å². The van der Waals surface area contributed by atoms with Crippen molar-refractivity contribution in [1.82, 2.24) is 0 Å². The zero-order valence-electron chi connectivity index (χ0n) is 12.8. The van der Waals surface area contributed by atoms with Crippen LogP contribution in [0.25, 0.3) is 0 Å². The number of aryl methyl sites for hydroxylation is 1. The average Bonchev–Trinajstić information content (AvgIpc) is 2.48. The second-order valence-corrected chi connectivity index (χ2v) is 6.27. The molecule has 0 spiro atoms. The molecule has 1 N–H and O–H groups in total. The van der Waals surface area contributed by atoms with E-state index >= 15 is 0 Å². The van der Waals surface area contributed by atoms with Crippen molar-refractivity contribution in [2.24, 2.45) is 0 Å². The third-order valence-electron chi connectivity index (χ3n) is 5.09. The molecule has 0 saturated heterocycles. The number of rotatable bonds is 5. The first-order valence-electron chi connectivity index (χ1n) is 8.06. The van der Waals surface area contributed by atoms with Crippen LogP contribution in [0.1, 0.15) is 42.9 Å². The van der Waals surface area contributed by atoms with Gasteiger partial charge in [-0.1, -0.05) is 67.9 Å². The summed E-state index contributed by atoms with van der Waals surface area (Å²) in [7, 11) is 0. The molecule has 0 radical (unpaired) electrons. The second kappa shape index (κ2) is 6.03. The van der Waals surface area contributed by atoms with E-state index in [1.54, 1.807) is 0 Å². The van der Waals surface area contributed by atoms with Gasteiger partial charge in [0.25, 0.3) is 0 Å². The molecule has 0 heterocycles. The average molecular weight is 280 g/mol. The van der Waals surface area contributed by atoms with E-state index in [-0.39, 0.29) is 11.5 Å². The fourth-order valence-corrected chi connectivity index (χ4v) is 3.47. The van der Waals surface area contributed by atoms with Gasteiger partial charge >= 0.3 is 0 Å². The quantitative estimate of drug-likeness (QED) is 0.867. The molecule has 1 heteroatoms. The van der Waals surface area contributed by atoms with Gasteiger partial charge in [0, 0.05) is 5.41 Å². The van der Waals surface area contributed by atoms with Crippen LogP contribution in [0.4, 0.5) is 0 Å². The van der Waals surface area contributed by atoms with Gasteiger partial charge in [-0.15, -0.1) is 0 Å². The minimum absolute atomic E-state index is 0.0231. The number of benzene rings is 2. The molecule has 1 unspecified atom stereocenters. The van der Waals surface area contributed by atoms with Crippen LogP contribution >= 0.6 is 0 Å². The molecule has 1 fully saturated rings. The summed E-state index contributed by atoms with van der Waals surface area (Å²) in [4.78, 5) is 0. The lowest BCUT2D eigenvalue weighted by Crippen LogP contribution is -2.46. The highest BCUT2D eigenvalue weighted by Crippen LogP contribution is 2.47. The molecule has 110 valence electrons. The highest BCUT2D eigenvalue weighted by atomic mass is 16.3. The van der Waals surface area contributed by atoms with Gasteiger partial charge in [-0.2, -0.15) is 0 Å². The number of aliphatic hydroxyl groups is 1. The summed E-state index contributed by atoms with van der Waals surface area (Å²) < 4.78 is 0. The molecule has 1 saturated carbocycles. The summed E-state index contributed by atoms with van der Waals surface area (Å²) in [5, 5.41) is 10.9. The Morgan fingerprint density at radius 3 is 2.10 bits per heavy atom. The SMILES string of the molecule is CCc1ccc(CC(O)C2(c3ccccc3)CCC2)cc1. The molecule has 21 heavy (non-hydrogen) atoms. The number of aliphatic hydroxyl groups excluding tert-OH is 1. The van der Waals surface area contributed by atoms with Gasteiger partial charge in [-0.05, 0) is 42.4 Å². The van der Waals surface area contributed by atoms with Crippen molar-refractivity contribution in [1.29, 1.82) is 0 Å². The Morgan fingerprint density at radius 2 is 1.57 bits per heavy atom. The van der Waals surface area contributed by atoms with Crippen molar-refractivity contribution in [2.45, 2.75) is 50.5 Å². The Kier molecular flexibility index (Phi) is 4.12. The molecular formula is C20H24O. The first kappa shape index (κ1) is 14.3. The van der Waals surface area contributed by atoms with Crippen LogP contribution in [0.2, 0.25) is 0 Å². The van der Waals surface area contributed by atoms with E-state index in [9.17, 15) is 5.11 Å². The summed E-state index contributed by atoms with van der Waals surface area (Å²) in [6, 6.07) is 19.2. The molecule has 0 aromatic heterocycles. The Balaban J connectivity index is 1.78. The van der Waals surface area contributed by atoms with Crippen molar-refractivity contribution in [2.75, 3.05) is 0 Å². The Hall–Kier alpha value is -1.60. The molecule has 2 aromatic rings. The lowest BCUT2D eigenvalue weighted by molar-refractivity contribution is 0.0286. The Morgan fingerprint density at radius 1 is 0.952 bits per heavy atom. The smallest absolute Gasteiger partial charge is 0.0677 e. The van der Waals surface area contributed by atoms with Crippen molar-refractivity contribution in [3.8, 4) is 0 Å². The predicted molar refractivity (Wildman–Crippen MR) is 87.5 cm³/mol. The van der Waals surface area contributed by atoms with Crippen LogP contribution < -0.4 is 0 Å². The maximum Gasteiger partial charge on any atom is 0.0677 e. The molecule has 1 aliphatic carbocycles. The maximum atomic E-state index is 10.9. The summed E-state index contributed by atoms with van der Waals surface area (Å²) in [5.74, 6) is 0. The van der Waals surface area contributed by atoms with Gasteiger partial charge < -0.3 is 5.11 Å². The van der Waals surface area contributed by atoms with Crippen molar-refractivity contribution < 1.29 is 5.11 Å². The van der Waals surface area contributed by atoms with Crippen LogP contribution in [0.5, 0.6) is 0 Å². The zero-order valence-corrected chi connectivity index (χ0v) is 12.8. The van der Waals surface area contributed by atoms with E-state index in [0.717, 1.165) is 25.7 Å². The first-order valence-corrected chi connectivity index (χ1v) is 8.06. The van der Waals surface area contributed by atoms with E-state index in [1.807, 2.05) is 6.07 Å². The monoisotopic (exact) mass is 280 g/mol. The minimum Gasteiger partial charge on any atom is -0.392 e. The molecule has 3 rings (SSSR count). The van der Waals surface area contributed by atoms with E-state index in [0.29, 0.717) is 0 Å². The first-order chi connectivity index (χ1) is 10.2. The summed E-state index contributed by atoms with van der Waals surface area (Å²) in [5.41, 5.74) is 3.87. The van der Waals surface area contributed by atoms with Crippen molar-refractivity contribution >= 4 is 0 Å². The zero-order chi connectivity index (χ0) is 14.7. The van der Waals surface area contributed by atoms with Crippen LogP contribution in [-0.4, -0.2) is 11.2 Å². The van der Waals surface area contributed by atoms with E-state index in [4.69, 9.17) is 0 Å². The topological polar surface area (TPSA) is 20.2 Å². The summed E-state index contributed by atoms with van der Waals surface area (Å²) in [6.45, 7) is 2.17. The number of hydrogen-bond donors (Lipinski definition) is 1. The lowest BCUT2D eigenvalue weighted by Gasteiger charge is -2.46. The second-order valence-electron chi connectivity index (χ2n) is 6.27. The standard InChI is InChI=1S/C20H24O/c1-2-16-9-11-17(12-10-16)15-19(21)20(13-6-14-20)18-7-4-3-5-8-18/h3-5,7-12,19,21H,2,6,13-15H2,1H3. The Labute approximate surface area is 127 Å². The van der Waals surface area contributed by atoms with E-state index in [2.05, 4.69) is 55.5 Å². The van der Waals surface area contributed by atoms with Gasteiger partial charge in [0.15, 0.2) is 0 Å². The third kappa shape index (κ3) is 2.75. The van der Waals surface area contributed by atoms with E-state index < -0.39 is 0 Å².